The highest BCUT2D eigenvalue weighted by molar-refractivity contribution is 6.31. The van der Waals surface area contributed by atoms with E-state index in [-0.39, 0.29) is 5.02 Å². The third-order valence-corrected chi connectivity index (χ3v) is 2.67. The number of benzene rings is 1. The number of pyridine rings is 1. The highest BCUT2D eigenvalue weighted by atomic mass is 35.5. The minimum Gasteiger partial charge on any atom is -0.383 e. The number of aromatic nitrogens is 1. The molecule has 2 nitrogen and oxygen atoms in total. The molecule has 2 N–H and O–H groups in total. The van der Waals surface area contributed by atoms with Crippen molar-refractivity contribution in [3.05, 3.63) is 46.9 Å². The van der Waals surface area contributed by atoms with Gasteiger partial charge in [-0.25, -0.2) is 9.37 Å². The number of aryl methyl sites for hydroxylation is 1. The van der Waals surface area contributed by atoms with Gasteiger partial charge >= 0.3 is 0 Å². The molecule has 0 saturated carbocycles. The SMILES string of the molecule is Cc1cc(-c2cccc(Cl)c2F)cnc1N. The molecule has 1 heterocycles. The van der Waals surface area contributed by atoms with E-state index in [1.165, 1.54) is 12.3 Å². The van der Waals surface area contributed by atoms with E-state index in [1.54, 1.807) is 18.2 Å². The minimum atomic E-state index is -0.435. The van der Waals surface area contributed by atoms with E-state index in [4.69, 9.17) is 17.3 Å². The van der Waals surface area contributed by atoms with Crippen molar-refractivity contribution in [2.45, 2.75) is 6.92 Å². The molecule has 4 heteroatoms. The van der Waals surface area contributed by atoms with Crippen molar-refractivity contribution in [1.29, 1.82) is 0 Å². The smallest absolute Gasteiger partial charge is 0.149 e. The average molecular weight is 237 g/mol. The van der Waals surface area contributed by atoms with Gasteiger partial charge in [-0.05, 0) is 24.6 Å². The van der Waals surface area contributed by atoms with Gasteiger partial charge in [-0.1, -0.05) is 23.7 Å². The number of nitrogens with zero attached hydrogens (tertiary/aromatic N) is 1. The van der Waals surface area contributed by atoms with Crippen LogP contribution in [0.2, 0.25) is 5.02 Å². The molecular formula is C12H10ClFN2. The molecule has 0 amide bonds. The summed E-state index contributed by atoms with van der Waals surface area (Å²) in [6.07, 6.45) is 1.54. The van der Waals surface area contributed by atoms with Gasteiger partial charge in [-0.2, -0.15) is 0 Å². The van der Waals surface area contributed by atoms with Crippen LogP contribution in [0.15, 0.2) is 30.5 Å². The number of nitrogen functional groups attached to an aromatic ring is 1. The Kier molecular flexibility index (Phi) is 2.79. The number of nitrogens with two attached hydrogens (primary N) is 1. The quantitative estimate of drug-likeness (QED) is 0.824. The summed E-state index contributed by atoms with van der Waals surface area (Å²) >= 11 is 5.71. The molecule has 0 spiro atoms. The van der Waals surface area contributed by atoms with Crippen molar-refractivity contribution in [2.24, 2.45) is 0 Å². The second kappa shape index (κ2) is 4.10. The Labute approximate surface area is 97.9 Å². The van der Waals surface area contributed by atoms with E-state index in [0.29, 0.717) is 16.9 Å². The summed E-state index contributed by atoms with van der Waals surface area (Å²) in [6.45, 7) is 1.83. The molecule has 0 aliphatic heterocycles. The van der Waals surface area contributed by atoms with Gasteiger partial charge in [0.05, 0.1) is 5.02 Å². The first-order valence-electron chi connectivity index (χ1n) is 4.76. The van der Waals surface area contributed by atoms with Crippen LogP contribution in [0.3, 0.4) is 0 Å². The highest BCUT2D eigenvalue weighted by Gasteiger charge is 2.09. The predicted molar refractivity (Wildman–Crippen MR) is 63.8 cm³/mol. The predicted octanol–water partition coefficient (Wildman–Crippen LogP) is 3.43. The Morgan fingerprint density at radius 1 is 1.38 bits per heavy atom. The second-order valence-electron chi connectivity index (χ2n) is 3.53. The highest BCUT2D eigenvalue weighted by Crippen LogP contribution is 2.28. The van der Waals surface area contributed by atoms with Gasteiger partial charge in [-0.15, -0.1) is 0 Å². The van der Waals surface area contributed by atoms with E-state index in [1.807, 2.05) is 6.92 Å². The standard InChI is InChI=1S/C12H10ClFN2/c1-7-5-8(6-16-12(7)15)9-3-2-4-10(13)11(9)14/h2-6H,1H3,(H2,15,16). The fourth-order valence-electron chi connectivity index (χ4n) is 1.46. The Hall–Kier alpha value is -1.61. The lowest BCUT2D eigenvalue weighted by Gasteiger charge is -2.06. The van der Waals surface area contributed by atoms with Crippen LogP contribution in [0, 0.1) is 12.7 Å². The van der Waals surface area contributed by atoms with Gasteiger partial charge in [-0.3, -0.25) is 0 Å². The monoisotopic (exact) mass is 236 g/mol. The second-order valence-corrected chi connectivity index (χ2v) is 3.93. The number of anilines is 1. The van der Waals surface area contributed by atoms with Crippen LogP contribution in [0.4, 0.5) is 10.2 Å². The van der Waals surface area contributed by atoms with Gasteiger partial charge in [0.2, 0.25) is 0 Å². The van der Waals surface area contributed by atoms with Crippen LogP contribution in [-0.4, -0.2) is 4.98 Å². The van der Waals surface area contributed by atoms with Crippen molar-refractivity contribution >= 4 is 17.4 Å². The third kappa shape index (κ3) is 1.86. The van der Waals surface area contributed by atoms with Crippen molar-refractivity contribution in [3.8, 4) is 11.1 Å². The molecular weight excluding hydrogens is 227 g/mol. The van der Waals surface area contributed by atoms with Crippen LogP contribution < -0.4 is 5.73 Å². The summed E-state index contributed by atoms with van der Waals surface area (Å²) < 4.78 is 13.7. The van der Waals surface area contributed by atoms with Crippen molar-refractivity contribution in [2.75, 3.05) is 5.73 Å². The van der Waals surface area contributed by atoms with Crippen molar-refractivity contribution < 1.29 is 4.39 Å². The molecule has 0 aliphatic carbocycles. The van der Waals surface area contributed by atoms with E-state index < -0.39 is 5.82 Å². The Morgan fingerprint density at radius 2 is 2.12 bits per heavy atom. The first-order chi connectivity index (χ1) is 7.59. The van der Waals surface area contributed by atoms with E-state index in [2.05, 4.69) is 4.98 Å². The van der Waals surface area contributed by atoms with Gasteiger partial charge < -0.3 is 5.73 Å². The zero-order valence-electron chi connectivity index (χ0n) is 8.67. The molecule has 16 heavy (non-hydrogen) atoms. The molecule has 0 atom stereocenters. The van der Waals surface area contributed by atoms with E-state index >= 15 is 0 Å². The van der Waals surface area contributed by atoms with Crippen LogP contribution in [0.5, 0.6) is 0 Å². The van der Waals surface area contributed by atoms with Crippen LogP contribution in [0.1, 0.15) is 5.56 Å². The molecule has 1 aromatic carbocycles. The van der Waals surface area contributed by atoms with E-state index in [9.17, 15) is 4.39 Å². The van der Waals surface area contributed by atoms with Crippen molar-refractivity contribution in [3.63, 3.8) is 0 Å². The van der Waals surface area contributed by atoms with Crippen LogP contribution >= 0.6 is 11.6 Å². The molecule has 2 rings (SSSR count). The molecule has 1 aromatic heterocycles. The van der Waals surface area contributed by atoms with Crippen LogP contribution in [-0.2, 0) is 0 Å². The molecule has 0 radical (unpaired) electrons. The minimum absolute atomic E-state index is 0.104. The maximum absolute atomic E-state index is 13.7. The Balaban J connectivity index is 2.59. The zero-order valence-corrected chi connectivity index (χ0v) is 9.42. The van der Waals surface area contributed by atoms with E-state index in [0.717, 1.165) is 5.56 Å². The molecule has 0 aliphatic rings. The fourth-order valence-corrected chi connectivity index (χ4v) is 1.63. The zero-order chi connectivity index (χ0) is 11.7. The largest absolute Gasteiger partial charge is 0.383 e. The molecule has 0 fully saturated rings. The third-order valence-electron chi connectivity index (χ3n) is 2.38. The summed E-state index contributed by atoms with van der Waals surface area (Å²) in [7, 11) is 0. The van der Waals surface area contributed by atoms with Gasteiger partial charge in [0.25, 0.3) is 0 Å². The van der Waals surface area contributed by atoms with Gasteiger partial charge in [0.15, 0.2) is 0 Å². The molecule has 82 valence electrons. The Morgan fingerprint density at radius 3 is 2.81 bits per heavy atom. The lowest BCUT2D eigenvalue weighted by atomic mass is 10.1. The number of halogens is 2. The lowest BCUT2D eigenvalue weighted by molar-refractivity contribution is 0.631. The van der Waals surface area contributed by atoms with Gasteiger partial charge in [0.1, 0.15) is 11.6 Å². The summed E-state index contributed by atoms with van der Waals surface area (Å²) in [6, 6.07) is 6.66. The molecule has 2 aromatic rings. The molecule has 0 saturated heterocycles. The Bertz CT molecular complexity index is 541. The van der Waals surface area contributed by atoms with Crippen molar-refractivity contribution in [1.82, 2.24) is 4.98 Å². The van der Waals surface area contributed by atoms with Crippen LogP contribution in [0.25, 0.3) is 11.1 Å². The topological polar surface area (TPSA) is 38.9 Å². The summed E-state index contributed by atoms with van der Waals surface area (Å²) in [5, 5.41) is 0.104. The number of hydrogen-bond donors (Lipinski definition) is 1. The fraction of sp³-hybridized carbons (Fsp3) is 0.0833. The normalized spacial score (nSPS) is 10.4. The maximum atomic E-state index is 13.7. The first kappa shape index (κ1) is 10.9. The number of hydrogen-bond acceptors (Lipinski definition) is 2. The number of rotatable bonds is 1. The first-order valence-corrected chi connectivity index (χ1v) is 5.14. The van der Waals surface area contributed by atoms with Gasteiger partial charge in [0, 0.05) is 17.3 Å². The summed E-state index contributed by atoms with van der Waals surface area (Å²) in [4.78, 5) is 3.99. The average Bonchev–Trinajstić information content (AvgIpc) is 2.26. The summed E-state index contributed by atoms with van der Waals surface area (Å²) in [5.74, 6) is 0.0151. The lowest BCUT2D eigenvalue weighted by Crippen LogP contribution is -1.95. The summed E-state index contributed by atoms with van der Waals surface area (Å²) in [5.41, 5.74) is 7.53. The maximum Gasteiger partial charge on any atom is 0.149 e. The molecule has 0 bridgehead atoms. The molecule has 0 unspecified atom stereocenters.